The topological polar surface area (TPSA) is 259 Å². The number of methoxy groups -OCH3 is 2. The number of carbonyl (C=O) groups is 2. The van der Waals surface area contributed by atoms with Gasteiger partial charge in [0.05, 0.1) is 14.2 Å². The number of benzene rings is 4. The molecule has 0 aromatic heterocycles. The summed E-state index contributed by atoms with van der Waals surface area (Å²) in [4.78, 5) is 41.5. The Morgan fingerprint density at radius 1 is 0.455 bits per heavy atom. The first-order valence-corrected chi connectivity index (χ1v) is 26.8. The largest absolute Gasteiger partial charge is 0.585 e. The molecule has 8 atom stereocenters. The maximum atomic E-state index is 12.7. The highest BCUT2D eigenvalue weighted by Gasteiger charge is 2.40. The summed E-state index contributed by atoms with van der Waals surface area (Å²) in [5.41, 5.74) is 3.93. The van der Waals surface area contributed by atoms with E-state index in [9.17, 15) is 37.6 Å². The maximum Gasteiger partial charge on any atom is 0.585 e. The zero-order valence-electron chi connectivity index (χ0n) is 36.7. The van der Waals surface area contributed by atoms with Crippen LogP contribution < -0.4 is 46.4 Å². The normalized spacial score (nSPS) is 24.4. The van der Waals surface area contributed by atoms with Crippen molar-refractivity contribution < 1.29 is 83.3 Å². The second-order valence-corrected chi connectivity index (χ2v) is 22.3. The van der Waals surface area contributed by atoms with Crippen molar-refractivity contribution in [1.29, 1.82) is 0 Å². The van der Waals surface area contributed by atoms with Crippen molar-refractivity contribution in [3.63, 3.8) is 0 Å². The van der Waals surface area contributed by atoms with Crippen LogP contribution in [0.3, 0.4) is 0 Å². The van der Waals surface area contributed by atoms with Crippen LogP contribution in [0.5, 0.6) is 46.0 Å². The Morgan fingerprint density at radius 3 is 0.985 bits per heavy atom. The van der Waals surface area contributed by atoms with Gasteiger partial charge in [-0.1, -0.05) is 52.0 Å². The molecule has 0 fully saturated rings. The van der Waals surface area contributed by atoms with Gasteiger partial charge in [0.15, 0.2) is 46.0 Å². The molecule has 4 heterocycles. The van der Waals surface area contributed by atoms with Crippen LogP contribution in [0.25, 0.3) is 0 Å². The predicted molar refractivity (Wildman–Crippen MR) is 237 cm³/mol. The number of ether oxygens (including phenoxy) is 2. The smallest absolute Gasteiger partial charge is 0.468 e. The summed E-state index contributed by atoms with van der Waals surface area (Å²) in [6, 6.07) is 21.2. The highest BCUT2D eigenvalue weighted by atomic mass is 31.2. The van der Waals surface area contributed by atoms with E-state index < -0.39 is 43.1 Å². The number of nitrogens with one attached hydrogen (secondary N) is 2. The third-order valence-electron chi connectivity index (χ3n) is 11.2. The second-order valence-electron chi connectivity index (χ2n) is 16.3. The third kappa shape index (κ3) is 12.3. The zero-order valence-corrected chi connectivity index (χ0v) is 40.3. The van der Waals surface area contributed by atoms with E-state index in [1.165, 1.54) is 14.2 Å². The van der Waals surface area contributed by atoms with Gasteiger partial charge in [0.2, 0.25) is 0 Å². The minimum Gasteiger partial charge on any atom is -0.468 e. The highest BCUT2D eigenvalue weighted by Crippen LogP contribution is 2.58. The quantitative estimate of drug-likeness (QED) is 0.0605. The van der Waals surface area contributed by atoms with Gasteiger partial charge in [-0.2, -0.15) is 10.2 Å². The summed E-state index contributed by atoms with van der Waals surface area (Å²) in [5.74, 6) is 2.46. The lowest BCUT2D eigenvalue weighted by molar-refractivity contribution is -0.140. The molecule has 66 heavy (non-hydrogen) atoms. The molecule has 0 bridgehead atoms. The monoisotopic (exact) mass is 994 g/mol. The van der Waals surface area contributed by atoms with E-state index in [-0.39, 0.29) is 47.9 Å². The molecule has 4 aliphatic heterocycles. The molecule has 0 saturated carbocycles. The molecule has 0 aliphatic carbocycles. The number of hydrogen-bond acceptors (Lipinski definition) is 16. The van der Waals surface area contributed by atoms with Gasteiger partial charge in [0.25, 0.3) is 0 Å². The fourth-order valence-electron chi connectivity index (χ4n) is 7.28. The van der Waals surface area contributed by atoms with E-state index >= 15 is 0 Å². The first-order valence-electron chi connectivity index (χ1n) is 20.7. The number of fused-ring (bicyclic) bond motifs is 4. The summed E-state index contributed by atoms with van der Waals surface area (Å²) >= 11 is 0. The van der Waals surface area contributed by atoms with Gasteiger partial charge < -0.3 is 45.7 Å². The van der Waals surface area contributed by atoms with Crippen molar-refractivity contribution in [1.82, 2.24) is 10.2 Å². The molecule has 24 heteroatoms. The Hall–Kier alpha value is -5.02. The van der Waals surface area contributed by atoms with Crippen LogP contribution in [-0.4, -0.2) is 49.0 Å². The summed E-state index contributed by atoms with van der Waals surface area (Å²) in [7, 11) is -12.9. The fraction of sp³-hybridized carbons (Fsp3) is 0.381. The van der Waals surface area contributed by atoms with Gasteiger partial charge in [-0.25, -0.2) is 18.3 Å². The third-order valence-corrected chi connectivity index (χ3v) is 15.8. The summed E-state index contributed by atoms with van der Waals surface area (Å²) < 4.78 is 98.9. The van der Waals surface area contributed by atoms with Crippen molar-refractivity contribution in [3.05, 3.63) is 95.1 Å². The number of hydrogen-bond donors (Lipinski definition) is 4. The molecule has 356 valence electrons. The first-order chi connectivity index (χ1) is 31.1. The first kappa shape index (κ1) is 48.9. The van der Waals surface area contributed by atoms with Crippen molar-refractivity contribution >= 4 is 43.1 Å². The van der Waals surface area contributed by atoms with E-state index in [1.807, 2.05) is 24.3 Å². The SMILES string of the molecule is CC(Cc1ccc2c(c1)OP(=O)(O)O2)C(C)Cc1ccc2c(c1)OP(=O)(O)O2.COC(=O)CNP1(=O)Oc2ccc(CC(C)C(C)Cc3ccc4c(c3)OP(=O)(NCC(=O)OC)O4)cc2O1. The van der Waals surface area contributed by atoms with E-state index in [0.717, 1.165) is 47.9 Å². The molecule has 4 aromatic carbocycles. The Balaban J connectivity index is 0.000000205. The van der Waals surface area contributed by atoms with Crippen molar-refractivity contribution in [3.8, 4) is 46.0 Å². The maximum absolute atomic E-state index is 12.7. The Kier molecular flexibility index (Phi) is 14.6. The molecule has 0 saturated heterocycles. The van der Waals surface area contributed by atoms with E-state index in [4.69, 9.17) is 36.2 Å². The number of phosphoric acid groups is 2. The van der Waals surface area contributed by atoms with Crippen LogP contribution in [-0.2, 0) is 63.0 Å². The van der Waals surface area contributed by atoms with Crippen molar-refractivity contribution in [2.24, 2.45) is 23.7 Å². The van der Waals surface area contributed by atoms with Crippen LogP contribution in [0.15, 0.2) is 72.8 Å². The fourth-order valence-corrected chi connectivity index (χ4v) is 11.5. The van der Waals surface area contributed by atoms with Crippen molar-refractivity contribution in [2.45, 2.75) is 53.4 Å². The van der Waals surface area contributed by atoms with Gasteiger partial charge in [-0.3, -0.25) is 19.4 Å². The molecule has 4 N–H and O–H groups in total. The lowest BCUT2D eigenvalue weighted by Gasteiger charge is -2.20. The lowest BCUT2D eigenvalue weighted by atomic mass is 9.85. The molecule has 20 nitrogen and oxygen atoms in total. The van der Waals surface area contributed by atoms with Crippen LogP contribution in [0.1, 0.15) is 49.9 Å². The lowest BCUT2D eigenvalue weighted by Crippen LogP contribution is -2.24. The molecule has 0 amide bonds. The van der Waals surface area contributed by atoms with Crippen LogP contribution in [0.4, 0.5) is 0 Å². The van der Waals surface area contributed by atoms with Crippen LogP contribution in [0.2, 0.25) is 0 Å². The van der Waals surface area contributed by atoms with Gasteiger partial charge in [-0.05, 0) is 120 Å². The van der Waals surface area contributed by atoms with Gasteiger partial charge in [-0.15, -0.1) is 0 Å². The molecular formula is C42H50N2O18P4. The highest BCUT2D eigenvalue weighted by molar-refractivity contribution is 7.53. The summed E-state index contributed by atoms with van der Waals surface area (Å²) in [6.45, 7) is 7.92. The van der Waals surface area contributed by atoms with Crippen LogP contribution >= 0.6 is 31.1 Å². The molecule has 4 aromatic rings. The molecule has 8 unspecified atom stereocenters. The molecular weight excluding hydrogens is 944 g/mol. The second kappa shape index (κ2) is 19.7. The van der Waals surface area contributed by atoms with Gasteiger partial charge >= 0.3 is 43.1 Å². The van der Waals surface area contributed by atoms with E-state index in [0.29, 0.717) is 34.8 Å². The van der Waals surface area contributed by atoms with Crippen LogP contribution in [0, 0.1) is 23.7 Å². The standard InChI is InChI=1S/C24H30N2O10P2.C18H20O8P2/c1-15(9-17-5-7-19-21(11-17)35-37(29,33-19)25-13-23(27)31-3)16(2)10-18-6-8-20-22(12-18)36-38(30,34-20)26-14-24(28)32-4;1-11(7-13-3-5-15-17(9-13)25-27(19,20)23-15)12(2)8-14-4-6-16-18(10-14)26-28(21,22)24-16/h5-8,11-12,15-16H,9-10,13-14H2,1-4H3,(H,25,29)(H,26,30);3-6,9-12H,7-8H2,1-2H3,(H,19,20)(H,21,22). The minimum absolute atomic E-state index is 0.262. The average Bonchev–Trinajstić information content (AvgIpc) is 3.97. The number of phosphoric ester groups is 2. The van der Waals surface area contributed by atoms with Gasteiger partial charge in [0, 0.05) is 0 Å². The molecule has 4 aliphatic rings. The molecule has 8 rings (SSSR count). The number of esters is 2. The average molecular weight is 995 g/mol. The number of carbonyl (C=O) groups excluding carboxylic acids is 2. The predicted octanol–water partition coefficient (Wildman–Crippen LogP) is 8.52. The van der Waals surface area contributed by atoms with E-state index in [2.05, 4.69) is 47.3 Å². The Bertz CT molecular complexity index is 2520. The minimum atomic E-state index is -4.02. The van der Waals surface area contributed by atoms with Crippen molar-refractivity contribution in [2.75, 3.05) is 27.3 Å². The molecule has 0 spiro atoms. The summed E-state index contributed by atoms with van der Waals surface area (Å²) in [6.07, 6.45) is 2.97. The van der Waals surface area contributed by atoms with E-state index in [1.54, 1.807) is 48.5 Å². The molecule has 0 radical (unpaired) electrons. The van der Waals surface area contributed by atoms with Gasteiger partial charge in [0.1, 0.15) is 13.1 Å². The Morgan fingerprint density at radius 2 is 0.697 bits per heavy atom. The summed E-state index contributed by atoms with van der Waals surface area (Å²) in [5, 5.41) is 4.95. The Labute approximate surface area is 380 Å². The zero-order chi connectivity index (χ0) is 47.6. The number of rotatable bonds is 16.